The summed E-state index contributed by atoms with van der Waals surface area (Å²) in [4.78, 5) is 12.0. The maximum Gasteiger partial charge on any atom is 0.198 e. The molecule has 0 atom stereocenters. The van der Waals surface area contributed by atoms with Crippen molar-refractivity contribution in [2.75, 3.05) is 0 Å². The molecule has 0 fully saturated rings. The van der Waals surface area contributed by atoms with Crippen molar-refractivity contribution in [1.29, 1.82) is 0 Å². The number of Topliss-reactive ketones (excluding diaryl/α,β-unsaturated/α-hetero) is 1. The van der Waals surface area contributed by atoms with E-state index >= 15 is 0 Å². The van der Waals surface area contributed by atoms with Crippen LogP contribution in [0.3, 0.4) is 0 Å². The molecule has 76 valence electrons. The molecule has 0 amide bonds. The Morgan fingerprint density at radius 1 is 1.29 bits per heavy atom. The highest BCUT2D eigenvalue weighted by Crippen LogP contribution is 2.39. The molecular formula is C9H6I4O. The number of ketones is 1. The van der Waals surface area contributed by atoms with Gasteiger partial charge in [-0.15, -0.1) is 0 Å². The molecule has 1 aromatic carbocycles. The molecule has 0 aliphatic heterocycles. The number of rotatable bonds is 2. The zero-order chi connectivity index (χ0) is 10.9. The molecule has 0 saturated heterocycles. The van der Waals surface area contributed by atoms with Crippen LogP contribution >= 0.6 is 90.4 Å². The smallest absolute Gasteiger partial charge is 0.198 e. The number of carbonyl (C=O) groups excluding carboxylic acids is 1. The van der Waals surface area contributed by atoms with E-state index in [1.165, 1.54) is 0 Å². The molecule has 0 spiro atoms. The predicted molar refractivity (Wildman–Crippen MR) is 93.0 cm³/mol. The van der Waals surface area contributed by atoms with Gasteiger partial charge in [0.15, 0.2) is 5.22 Å². The first-order chi connectivity index (χ1) is 6.32. The first-order valence-corrected chi connectivity index (χ1v) is 8.01. The molecule has 0 aliphatic rings. The van der Waals surface area contributed by atoms with Crippen LogP contribution in [0.4, 0.5) is 0 Å². The highest BCUT2D eigenvalue weighted by atomic mass is 127. The van der Waals surface area contributed by atoms with E-state index in [2.05, 4.69) is 90.4 Å². The quantitative estimate of drug-likeness (QED) is 0.260. The van der Waals surface area contributed by atoms with Crippen LogP contribution < -0.4 is 0 Å². The fourth-order valence-corrected chi connectivity index (χ4v) is 2.35. The van der Waals surface area contributed by atoms with E-state index in [1.807, 2.05) is 25.1 Å². The van der Waals surface area contributed by atoms with Crippen molar-refractivity contribution < 1.29 is 4.79 Å². The van der Waals surface area contributed by atoms with Gasteiger partial charge in [0.05, 0.1) is 0 Å². The van der Waals surface area contributed by atoms with Gasteiger partial charge in [0.2, 0.25) is 0 Å². The minimum atomic E-state index is -0.386. The Morgan fingerprint density at radius 2 is 1.86 bits per heavy atom. The average molecular weight is 638 g/mol. The molecule has 5 heteroatoms. The van der Waals surface area contributed by atoms with Crippen LogP contribution in [0, 0.1) is 10.5 Å². The average Bonchev–Trinajstić information content (AvgIpc) is 2.06. The Bertz CT molecular complexity index is 368. The minimum Gasteiger partial charge on any atom is -0.291 e. The third-order valence-electron chi connectivity index (χ3n) is 1.70. The molecule has 0 unspecified atom stereocenters. The lowest BCUT2D eigenvalue weighted by Crippen LogP contribution is -2.17. The monoisotopic (exact) mass is 638 g/mol. The summed E-state index contributed by atoms with van der Waals surface area (Å²) >= 11 is 8.69. The van der Waals surface area contributed by atoms with E-state index in [4.69, 9.17) is 0 Å². The largest absolute Gasteiger partial charge is 0.291 e. The summed E-state index contributed by atoms with van der Waals surface area (Å²) in [5.74, 6) is 0.176. The number of carbonyl (C=O) groups is 1. The fourth-order valence-electron chi connectivity index (χ4n) is 0.992. The molecule has 1 rings (SSSR count). The van der Waals surface area contributed by atoms with E-state index < -0.39 is 0 Å². The molecule has 0 saturated carbocycles. The molecule has 0 heterocycles. The molecule has 0 aromatic heterocycles. The van der Waals surface area contributed by atoms with Crippen LogP contribution in [0.1, 0.15) is 15.9 Å². The molecular weight excluding hydrogens is 632 g/mol. The Hall–Kier alpha value is 1.81. The number of aryl methyl sites for hydroxylation is 1. The summed E-state index contributed by atoms with van der Waals surface area (Å²) in [6, 6.07) is 5.95. The molecule has 0 aliphatic carbocycles. The maximum absolute atomic E-state index is 12.0. The SMILES string of the molecule is Cc1ccc(I)cc1C(=O)C(I)(I)I. The Labute approximate surface area is 138 Å². The van der Waals surface area contributed by atoms with Gasteiger partial charge in [-0.2, -0.15) is 0 Å². The standard InChI is InChI=1S/C9H6I4O/c1-5-2-3-6(10)4-7(5)8(14)9(11,12)13/h2-4H,1H3. The zero-order valence-electron chi connectivity index (χ0n) is 7.15. The first kappa shape index (κ1) is 13.9. The Balaban J connectivity index is 3.19. The first-order valence-electron chi connectivity index (χ1n) is 3.70. The second-order valence-corrected chi connectivity index (χ2v) is 15.1. The molecule has 0 N–H and O–H groups in total. The van der Waals surface area contributed by atoms with Gasteiger partial charge in [0, 0.05) is 9.13 Å². The third kappa shape index (κ3) is 3.68. The predicted octanol–water partition coefficient (Wildman–Crippen LogP) is 4.74. The van der Waals surface area contributed by atoms with Crippen LogP contribution in [0.25, 0.3) is 0 Å². The highest BCUT2D eigenvalue weighted by molar-refractivity contribution is 14.3. The van der Waals surface area contributed by atoms with E-state index in [-0.39, 0.29) is 5.22 Å². The number of benzene rings is 1. The summed E-state index contributed by atoms with van der Waals surface area (Å²) in [6.45, 7) is 1.97. The van der Waals surface area contributed by atoms with Crippen molar-refractivity contribution in [3.8, 4) is 0 Å². The summed E-state index contributed by atoms with van der Waals surface area (Å²) in [7, 11) is 0. The Morgan fingerprint density at radius 3 is 2.36 bits per heavy atom. The van der Waals surface area contributed by atoms with Gasteiger partial charge in [0.1, 0.15) is 0 Å². The minimum absolute atomic E-state index is 0.176. The lowest BCUT2D eigenvalue weighted by Gasteiger charge is -2.13. The third-order valence-corrected chi connectivity index (χ3v) is 3.84. The van der Waals surface area contributed by atoms with E-state index in [0.717, 1.165) is 14.7 Å². The van der Waals surface area contributed by atoms with Crippen molar-refractivity contribution in [1.82, 2.24) is 0 Å². The maximum atomic E-state index is 12.0. The van der Waals surface area contributed by atoms with Gasteiger partial charge in [0.25, 0.3) is 0 Å². The lowest BCUT2D eigenvalue weighted by molar-refractivity contribution is 0.101. The second-order valence-electron chi connectivity index (χ2n) is 2.79. The number of hydrogen-bond donors (Lipinski definition) is 0. The van der Waals surface area contributed by atoms with Crippen LogP contribution in [-0.4, -0.2) is 5.22 Å². The van der Waals surface area contributed by atoms with Crippen LogP contribution in [0.2, 0.25) is 0 Å². The summed E-state index contributed by atoms with van der Waals surface area (Å²) in [5, 5.41) is 0. The van der Waals surface area contributed by atoms with Crippen molar-refractivity contribution in [2.24, 2.45) is 0 Å². The number of halogens is 4. The van der Waals surface area contributed by atoms with Crippen molar-refractivity contribution in [3.05, 3.63) is 32.9 Å². The van der Waals surface area contributed by atoms with Crippen LogP contribution in [0.5, 0.6) is 0 Å². The van der Waals surface area contributed by atoms with Crippen molar-refractivity contribution in [3.63, 3.8) is 0 Å². The van der Waals surface area contributed by atoms with Gasteiger partial charge in [-0.25, -0.2) is 0 Å². The Kier molecular flexibility index (Phi) is 5.38. The summed E-state index contributed by atoms with van der Waals surface area (Å²) in [5.41, 5.74) is 1.87. The molecule has 1 nitrogen and oxygen atoms in total. The summed E-state index contributed by atoms with van der Waals surface area (Å²) in [6.07, 6.45) is 0. The van der Waals surface area contributed by atoms with E-state index in [0.29, 0.717) is 0 Å². The summed E-state index contributed by atoms with van der Waals surface area (Å²) < 4.78 is 0.715. The number of alkyl halides is 3. The zero-order valence-corrected chi connectivity index (χ0v) is 15.8. The van der Waals surface area contributed by atoms with Crippen molar-refractivity contribution >= 4 is 96.1 Å². The van der Waals surface area contributed by atoms with E-state index in [9.17, 15) is 4.79 Å². The molecule has 14 heavy (non-hydrogen) atoms. The van der Waals surface area contributed by atoms with Gasteiger partial charge in [-0.1, -0.05) is 6.07 Å². The molecule has 0 radical (unpaired) electrons. The van der Waals surface area contributed by atoms with Crippen molar-refractivity contribution in [2.45, 2.75) is 6.36 Å². The molecule has 0 bridgehead atoms. The van der Waals surface area contributed by atoms with Gasteiger partial charge >= 0.3 is 0 Å². The van der Waals surface area contributed by atoms with Gasteiger partial charge in [-0.05, 0) is 115 Å². The highest BCUT2D eigenvalue weighted by Gasteiger charge is 2.30. The van der Waals surface area contributed by atoms with Gasteiger partial charge in [-0.3, -0.25) is 4.79 Å². The van der Waals surface area contributed by atoms with Crippen LogP contribution in [0.15, 0.2) is 18.2 Å². The van der Waals surface area contributed by atoms with E-state index in [1.54, 1.807) is 0 Å². The lowest BCUT2D eigenvalue weighted by atomic mass is 10.1. The molecule has 1 aromatic rings. The topological polar surface area (TPSA) is 17.1 Å². The second kappa shape index (κ2) is 5.43. The number of hydrogen-bond acceptors (Lipinski definition) is 1. The van der Waals surface area contributed by atoms with Crippen LogP contribution in [-0.2, 0) is 0 Å². The fraction of sp³-hybridized carbons (Fsp3) is 0.222. The normalized spacial score (nSPS) is 11.5. The van der Waals surface area contributed by atoms with Gasteiger partial charge < -0.3 is 0 Å².